The SMILES string of the molecule is Cc1cn(C2CCCS(=O)(=O)C2)c(N)n1. The molecule has 15 heavy (non-hydrogen) atoms. The molecule has 2 heterocycles. The summed E-state index contributed by atoms with van der Waals surface area (Å²) in [5, 5.41) is 0. The Labute approximate surface area is 89.2 Å². The summed E-state index contributed by atoms with van der Waals surface area (Å²) in [7, 11) is -2.89. The zero-order chi connectivity index (χ0) is 11.1. The highest BCUT2D eigenvalue weighted by molar-refractivity contribution is 7.91. The predicted octanol–water partition coefficient (Wildman–Crippen LogP) is 0.523. The Bertz CT molecular complexity index is 464. The molecule has 84 valence electrons. The van der Waals surface area contributed by atoms with Crippen LogP contribution in [0.15, 0.2) is 6.20 Å². The molecule has 0 saturated carbocycles. The highest BCUT2D eigenvalue weighted by Gasteiger charge is 2.26. The first kappa shape index (κ1) is 10.5. The molecule has 0 radical (unpaired) electrons. The van der Waals surface area contributed by atoms with Crippen molar-refractivity contribution < 1.29 is 8.42 Å². The minimum Gasteiger partial charge on any atom is -0.369 e. The van der Waals surface area contributed by atoms with E-state index < -0.39 is 9.84 Å². The third-order valence-corrected chi connectivity index (χ3v) is 4.52. The summed E-state index contributed by atoms with van der Waals surface area (Å²) >= 11 is 0. The van der Waals surface area contributed by atoms with Crippen LogP contribution in [-0.2, 0) is 9.84 Å². The van der Waals surface area contributed by atoms with E-state index in [1.54, 1.807) is 4.57 Å². The topological polar surface area (TPSA) is 78.0 Å². The molecule has 5 nitrogen and oxygen atoms in total. The van der Waals surface area contributed by atoms with E-state index in [1.165, 1.54) is 0 Å². The zero-order valence-electron chi connectivity index (χ0n) is 8.68. The van der Waals surface area contributed by atoms with E-state index in [0.29, 0.717) is 18.1 Å². The molecule has 1 aromatic rings. The molecule has 0 bridgehead atoms. The smallest absolute Gasteiger partial charge is 0.200 e. The molecule has 1 fully saturated rings. The molecule has 1 aliphatic heterocycles. The molecule has 2 rings (SSSR count). The number of aromatic nitrogens is 2. The van der Waals surface area contributed by atoms with Crippen LogP contribution in [-0.4, -0.2) is 29.5 Å². The van der Waals surface area contributed by atoms with Crippen LogP contribution in [0, 0.1) is 6.92 Å². The Balaban J connectivity index is 2.28. The number of rotatable bonds is 1. The van der Waals surface area contributed by atoms with Crippen molar-refractivity contribution in [2.75, 3.05) is 17.2 Å². The number of aryl methyl sites for hydroxylation is 1. The van der Waals surface area contributed by atoms with E-state index in [2.05, 4.69) is 4.98 Å². The van der Waals surface area contributed by atoms with Crippen LogP contribution in [0.3, 0.4) is 0 Å². The van der Waals surface area contributed by atoms with Crippen molar-refractivity contribution in [1.29, 1.82) is 0 Å². The number of sulfone groups is 1. The second-order valence-electron chi connectivity index (χ2n) is 4.06. The molecule has 1 unspecified atom stereocenters. The van der Waals surface area contributed by atoms with Crippen molar-refractivity contribution in [3.05, 3.63) is 11.9 Å². The van der Waals surface area contributed by atoms with Crippen LogP contribution in [0.5, 0.6) is 0 Å². The quantitative estimate of drug-likeness (QED) is 0.761. The maximum atomic E-state index is 11.5. The number of anilines is 1. The van der Waals surface area contributed by atoms with Gasteiger partial charge >= 0.3 is 0 Å². The molecule has 0 aliphatic carbocycles. The largest absolute Gasteiger partial charge is 0.369 e. The molecule has 1 aromatic heterocycles. The van der Waals surface area contributed by atoms with Gasteiger partial charge in [-0.3, -0.25) is 0 Å². The average Bonchev–Trinajstić information content (AvgIpc) is 2.43. The van der Waals surface area contributed by atoms with Gasteiger partial charge in [0.2, 0.25) is 5.95 Å². The minimum atomic E-state index is -2.89. The van der Waals surface area contributed by atoms with Crippen molar-refractivity contribution in [3.63, 3.8) is 0 Å². The lowest BCUT2D eigenvalue weighted by Crippen LogP contribution is -2.27. The lowest BCUT2D eigenvalue weighted by Gasteiger charge is -2.23. The number of nitrogens with two attached hydrogens (primary N) is 1. The predicted molar refractivity (Wildman–Crippen MR) is 58.3 cm³/mol. The third-order valence-electron chi connectivity index (χ3n) is 2.71. The first-order valence-corrected chi connectivity index (χ1v) is 6.81. The monoisotopic (exact) mass is 229 g/mol. The normalized spacial score (nSPS) is 25.3. The van der Waals surface area contributed by atoms with E-state index in [9.17, 15) is 8.42 Å². The number of imidazole rings is 1. The van der Waals surface area contributed by atoms with Crippen LogP contribution in [0.4, 0.5) is 5.95 Å². The zero-order valence-corrected chi connectivity index (χ0v) is 9.50. The van der Waals surface area contributed by atoms with E-state index in [-0.39, 0.29) is 11.8 Å². The Morgan fingerprint density at radius 1 is 1.60 bits per heavy atom. The van der Waals surface area contributed by atoms with Gasteiger partial charge in [-0.1, -0.05) is 0 Å². The van der Waals surface area contributed by atoms with Crippen molar-refractivity contribution in [2.24, 2.45) is 0 Å². The fraction of sp³-hybridized carbons (Fsp3) is 0.667. The summed E-state index contributed by atoms with van der Waals surface area (Å²) in [6, 6.07) is -0.0371. The van der Waals surface area contributed by atoms with Gasteiger partial charge in [0.15, 0.2) is 9.84 Å². The van der Waals surface area contributed by atoms with Gasteiger partial charge in [0.25, 0.3) is 0 Å². The lowest BCUT2D eigenvalue weighted by atomic mass is 10.2. The highest BCUT2D eigenvalue weighted by Crippen LogP contribution is 2.25. The fourth-order valence-corrected chi connectivity index (χ4v) is 3.73. The second kappa shape index (κ2) is 3.52. The number of hydrogen-bond donors (Lipinski definition) is 1. The minimum absolute atomic E-state index is 0.0371. The van der Waals surface area contributed by atoms with E-state index >= 15 is 0 Å². The van der Waals surface area contributed by atoms with Gasteiger partial charge in [-0.15, -0.1) is 0 Å². The van der Waals surface area contributed by atoms with Gasteiger partial charge in [0.05, 0.1) is 23.2 Å². The third kappa shape index (κ3) is 2.14. The molecule has 0 amide bonds. The Morgan fingerprint density at radius 2 is 2.33 bits per heavy atom. The molecular weight excluding hydrogens is 214 g/mol. The van der Waals surface area contributed by atoms with Gasteiger partial charge in [-0.25, -0.2) is 13.4 Å². The van der Waals surface area contributed by atoms with E-state index in [0.717, 1.165) is 12.1 Å². The van der Waals surface area contributed by atoms with Crippen LogP contribution in [0.25, 0.3) is 0 Å². The second-order valence-corrected chi connectivity index (χ2v) is 6.29. The highest BCUT2D eigenvalue weighted by atomic mass is 32.2. The van der Waals surface area contributed by atoms with Crippen LogP contribution in [0.2, 0.25) is 0 Å². The average molecular weight is 229 g/mol. The maximum absolute atomic E-state index is 11.5. The van der Waals surface area contributed by atoms with Crippen molar-refractivity contribution >= 4 is 15.8 Å². The Kier molecular flexibility index (Phi) is 2.46. The molecule has 1 atom stereocenters. The summed E-state index contributed by atoms with van der Waals surface area (Å²) in [6.45, 7) is 1.85. The van der Waals surface area contributed by atoms with Crippen LogP contribution < -0.4 is 5.73 Å². The fourth-order valence-electron chi connectivity index (χ4n) is 2.05. The molecule has 0 aromatic carbocycles. The molecule has 6 heteroatoms. The molecule has 0 spiro atoms. The Hall–Kier alpha value is -1.04. The van der Waals surface area contributed by atoms with Gasteiger partial charge in [-0.2, -0.15) is 0 Å². The van der Waals surface area contributed by atoms with E-state index in [1.807, 2.05) is 13.1 Å². The van der Waals surface area contributed by atoms with Crippen LogP contribution in [0.1, 0.15) is 24.6 Å². The number of nitrogens with zero attached hydrogens (tertiary/aromatic N) is 2. The van der Waals surface area contributed by atoms with Gasteiger partial charge in [-0.05, 0) is 19.8 Å². The lowest BCUT2D eigenvalue weighted by molar-refractivity contribution is 0.474. The Morgan fingerprint density at radius 3 is 2.87 bits per heavy atom. The van der Waals surface area contributed by atoms with Gasteiger partial charge < -0.3 is 10.3 Å². The van der Waals surface area contributed by atoms with Crippen molar-refractivity contribution in [3.8, 4) is 0 Å². The first-order chi connectivity index (χ1) is 6.98. The van der Waals surface area contributed by atoms with Gasteiger partial charge in [0, 0.05) is 6.20 Å². The first-order valence-electron chi connectivity index (χ1n) is 4.99. The standard InChI is InChI=1S/C9H15N3O2S/c1-7-5-12(9(10)11-7)8-3-2-4-15(13,14)6-8/h5,8H,2-4,6H2,1H3,(H2,10,11). The van der Waals surface area contributed by atoms with Crippen LogP contribution >= 0.6 is 0 Å². The molecule has 1 aliphatic rings. The summed E-state index contributed by atoms with van der Waals surface area (Å²) in [5.41, 5.74) is 6.55. The molecule has 2 N–H and O–H groups in total. The van der Waals surface area contributed by atoms with Crippen molar-refractivity contribution in [1.82, 2.24) is 9.55 Å². The maximum Gasteiger partial charge on any atom is 0.200 e. The number of hydrogen-bond acceptors (Lipinski definition) is 4. The van der Waals surface area contributed by atoms with E-state index in [4.69, 9.17) is 5.73 Å². The number of nitrogen functional groups attached to an aromatic ring is 1. The van der Waals surface area contributed by atoms with Gasteiger partial charge in [0.1, 0.15) is 0 Å². The summed E-state index contributed by atoms with van der Waals surface area (Å²) in [5.74, 6) is 0.902. The van der Waals surface area contributed by atoms with Crippen molar-refractivity contribution in [2.45, 2.75) is 25.8 Å². The summed E-state index contributed by atoms with van der Waals surface area (Å²) < 4.78 is 24.7. The summed E-state index contributed by atoms with van der Waals surface area (Å²) in [4.78, 5) is 4.08. The molecule has 1 saturated heterocycles. The molecular formula is C9H15N3O2S. The summed E-state index contributed by atoms with van der Waals surface area (Å²) in [6.07, 6.45) is 3.39.